The van der Waals surface area contributed by atoms with Gasteiger partial charge in [-0.3, -0.25) is 14.2 Å². The van der Waals surface area contributed by atoms with Crippen molar-refractivity contribution in [3.63, 3.8) is 0 Å². The molecule has 0 unspecified atom stereocenters. The molecule has 0 aliphatic rings. The van der Waals surface area contributed by atoms with E-state index in [1.807, 2.05) is 6.07 Å². The van der Waals surface area contributed by atoms with Crippen molar-refractivity contribution >= 4 is 28.3 Å². The number of nitrogens with zero attached hydrogens (tertiary/aromatic N) is 1. The van der Waals surface area contributed by atoms with E-state index in [0.717, 1.165) is 6.07 Å². The van der Waals surface area contributed by atoms with Crippen LogP contribution in [0.25, 0.3) is 16.5 Å². The first-order chi connectivity index (χ1) is 14.9. The van der Waals surface area contributed by atoms with Crippen molar-refractivity contribution in [2.75, 3.05) is 0 Å². The van der Waals surface area contributed by atoms with E-state index in [9.17, 15) is 19.1 Å². The SMILES string of the molecule is Cc1c(C(=O)N[C@@H](O)c2cccc(F)c2)c2cccc(Cl)c2c(=O)n1-c1ccccc1. The number of aliphatic hydroxyl groups excluding tert-OH is 1. The molecule has 0 bridgehead atoms. The Morgan fingerprint density at radius 3 is 2.48 bits per heavy atom. The van der Waals surface area contributed by atoms with Gasteiger partial charge in [0.1, 0.15) is 5.82 Å². The van der Waals surface area contributed by atoms with Gasteiger partial charge in [0.2, 0.25) is 0 Å². The standard InChI is InChI=1S/C24H18ClFN2O3/c1-14-20(23(30)27-22(29)15-7-5-8-16(26)13-15)18-11-6-12-19(25)21(18)24(31)28(14)17-9-3-2-4-10-17/h2-13,22,29H,1H3,(H,27,30)/t22-/m0/s1. The van der Waals surface area contributed by atoms with Crippen molar-refractivity contribution in [1.82, 2.24) is 9.88 Å². The molecular weight excluding hydrogens is 419 g/mol. The van der Waals surface area contributed by atoms with Crippen LogP contribution in [-0.4, -0.2) is 15.6 Å². The number of benzene rings is 3. The zero-order chi connectivity index (χ0) is 22.1. The van der Waals surface area contributed by atoms with Crippen molar-refractivity contribution in [3.05, 3.63) is 111 Å². The maximum absolute atomic E-state index is 13.5. The van der Waals surface area contributed by atoms with E-state index in [4.69, 9.17) is 11.6 Å². The number of aromatic nitrogens is 1. The first kappa shape index (κ1) is 20.8. The molecule has 0 aliphatic heterocycles. The number of nitrogens with one attached hydrogen (secondary N) is 1. The summed E-state index contributed by atoms with van der Waals surface area (Å²) in [7, 11) is 0. The van der Waals surface area contributed by atoms with Crippen molar-refractivity contribution in [2.45, 2.75) is 13.2 Å². The van der Waals surface area contributed by atoms with E-state index >= 15 is 0 Å². The highest BCUT2D eigenvalue weighted by atomic mass is 35.5. The Kier molecular flexibility index (Phi) is 5.59. The van der Waals surface area contributed by atoms with Gasteiger partial charge in [-0.25, -0.2) is 4.39 Å². The predicted octanol–water partition coefficient (Wildman–Crippen LogP) is 4.51. The fourth-order valence-corrected chi connectivity index (χ4v) is 3.91. The van der Waals surface area contributed by atoms with Gasteiger partial charge in [-0.05, 0) is 37.3 Å². The van der Waals surface area contributed by atoms with Gasteiger partial charge >= 0.3 is 0 Å². The Bertz CT molecular complexity index is 1350. The lowest BCUT2D eigenvalue weighted by Gasteiger charge is -2.19. The van der Waals surface area contributed by atoms with Crippen LogP contribution in [0.1, 0.15) is 27.8 Å². The molecule has 2 N–H and O–H groups in total. The summed E-state index contributed by atoms with van der Waals surface area (Å²) >= 11 is 6.33. The molecule has 0 fully saturated rings. The summed E-state index contributed by atoms with van der Waals surface area (Å²) in [6.45, 7) is 1.65. The zero-order valence-corrected chi connectivity index (χ0v) is 17.2. The number of carbonyl (C=O) groups excluding carboxylic acids is 1. The number of pyridine rings is 1. The quantitative estimate of drug-likeness (QED) is 0.462. The first-order valence-corrected chi connectivity index (χ1v) is 9.90. The molecule has 31 heavy (non-hydrogen) atoms. The van der Waals surface area contributed by atoms with E-state index in [1.54, 1.807) is 49.4 Å². The number of rotatable bonds is 4. The number of hydrogen-bond donors (Lipinski definition) is 2. The zero-order valence-electron chi connectivity index (χ0n) is 16.5. The van der Waals surface area contributed by atoms with Crippen molar-refractivity contribution < 1.29 is 14.3 Å². The van der Waals surface area contributed by atoms with E-state index in [1.165, 1.54) is 22.8 Å². The van der Waals surface area contributed by atoms with Gasteiger partial charge in [0.05, 0.1) is 16.0 Å². The molecule has 4 rings (SSSR count). The molecule has 3 aromatic carbocycles. The second-order valence-corrected chi connectivity index (χ2v) is 7.44. The molecule has 0 spiro atoms. The van der Waals surface area contributed by atoms with Gasteiger partial charge in [0.25, 0.3) is 11.5 Å². The van der Waals surface area contributed by atoms with Crippen LogP contribution in [0.5, 0.6) is 0 Å². The van der Waals surface area contributed by atoms with Crippen LogP contribution in [0.2, 0.25) is 5.02 Å². The minimum absolute atomic E-state index is 0.191. The molecule has 1 amide bonds. The third kappa shape index (κ3) is 3.83. The number of fused-ring (bicyclic) bond motifs is 1. The van der Waals surface area contributed by atoms with Gasteiger partial charge in [-0.1, -0.05) is 54.1 Å². The van der Waals surface area contributed by atoms with Crippen molar-refractivity contribution in [2.24, 2.45) is 0 Å². The molecule has 0 aliphatic carbocycles. The Balaban J connectivity index is 1.90. The number of amides is 1. The molecule has 1 aromatic heterocycles. The van der Waals surface area contributed by atoms with Gasteiger partial charge in [-0.15, -0.1) is 0 Å². The number of carbonyl (C=O) groups is 1. The van der Waals surface area contributed by atoms with Gasteiger partial charge in [-0.2, -0.15) is 0 Å². The van der Waals surface area contributed by atoms with Gasteiger partial charge < -0.3 is 10.4 Å². The van der Waals surface area contributed by atoms with Crippen LogP contribution in [0.15, 0.2) is 77.6 Å². The third-order valence-electron chi connectivity index (χ3n) is 5.07. The van der Waals surface area contributed by atoms with E-state index in [-0.39, 0.29) is 27.1 Å². The predicted molar refractivity (Wildman–Crippen MR) is 118 cm³/mol. The van der Waals surface area contributed by atoms with Crippen LogP contribution in [0.4, 0.5) is 4.39 Å². The van der Waals surface area contributed by atoms with Crippen LogP contribution in [0.3, 0.4) is 0 Å². The van der Waals surface area contributed by atoms with Crippen LogP contribution in [-0.2, 0) is 0 Å². The summed E-state index contributed by atoms with van der Waals surface area (Å²) in [5.41, 5.74) is 0.995. The minimum Gasteiger partial charge on any atom is -0.369 e. The Morgan fingerprint density at radius 1 is 1.06 bits per heavy atom. The Morgan fingerprint density at radius 2 is 1.77 bits per heavy atom. The minimum atomic E-state index is -1.44. The maximum Gasteiger partial charge on any atom is 0.264 e. The number of para-hydroxylation sites is 1. The second-order valence-electron chi connectivity index (χ2n) is 7.03. The van der Waals surface area contributed by atoms with Crippen LogP contribution < -0.4 is 10.9 Å². The molecule has 1 atom stereocenters. The molecule has 156 valence electrons. The lowest BCUT2D eigenvalue weighted by atomic mass is 10.0. The second kappa shape index (κ2) is 8.34. The topological polar surface area (TPSA) is 71.3 Å². The molecule has 0 radical (unpaired) electrons. The fourth-order valence-electron chi connectivity index (χ4n) is 3.65. The average Bonchev–Trinajstić information content (AvgIpc) is 2.74. The summed E-state index contributed by atoms with van der Waals surface area (Å²) < 4.78 is 14.9. The number of hydrogen-bond acceptors (Lipinski definition) is 3. The maximum atomic E-state index is 13.5. The Labute approximate surface area is 182 Å². The highest BCUT2D eigenvalue weighted by molar-refractivity contribution is 6.36. The molecular formula is C24H18ClFN2O3. The number of aliphatic hydroxyl groups is 1. The van der Waals surface area contributed by atoms with Crippen molar-refractivity contribution in [1.29, 1.82) is 0 Å². The van der Waals surface area contributed by atoms with Crippen LogP contribution in [0, 0.1) is 12.7 Å². The number of halogens is 2. The summed E-state index contributed by atoms with van der Waals surface area (Å²) in [6.07, 6.45) is -1.44. The largest absolute Gasteiger partial charge is 0.369 e. The van der Waals surface area contributed by atoms with E-state index in [0.29, 0.717) is 16.8 Å². The van der Waals surface area contributed by atoms with E-state index < -0.39 is 18.0 Å². The molecule has 1 heterocycles. The molecule has 0 saturated heterocycles. The van der Waals surface area contributed by atoms with Gasteiger partial charge in [0, 0.05) is 22.3 Å². The highest BCUT2D eigenvalue weighted by Gasteiger charge is 2.23. The smallest absolute Gasteiger partial charge is 0.264 e. The average molecular weight is 437 g/mol. The van der Waals surface area contributed by atoms with E-state index in [2.05, 4.69) is 5.32 Å². The third-order valence-corrected chi connectivity index (χ3v) is 5.39. The normalized spacial score (nSPS) is 12.0. The summed E-state index contributed by atoms with van der Waals surface area (Å²) in [5.74, 6) is -1.15. The summed E-state index contributed by atoms with van der Waals surface area (Å²) in [5, 5.41) is 13.7. The molecule has 7 heteroatoms. The molecule has 4 aromatic rings. The van der Waals surface area contributed by atoms with Gasteiger partial charge in [0.15, 0.2) is 6.23 Å². The highest BCUT2D eigenvalue weighted by Crippen LogP contribution is 2.27. The molecule has 0 saturated carbocycles. The lowest BCUT2D eigenvalue weighted by molar-refractivity contribution is 0.0783. The Hall–Kier alpha value is -3.48. The summed E-state index contributed by atoms with van der Waals surface area (Å²) in [4.78, 5) is 26.5. The first-order valence-electron chi connectivity index (χ1n) is 9.52. The molecule has 5 nitrogen and oxygen atoms in total. The lowest BCUT2D eigenvalue weighted by Crippen LogP contribution is -2.32. The van der Waals surface area contributed by atoms with Crippen LogP contribution >= 0.6 is 11.6 Å². The fraction of sp³-hybridized carbons (Fsp3) is 0.0833. The monoisotopic (exact) mass is 436 g/mol. The summed E-state index contributed by atoms with van der Waals surface area (Å²) in [6, 6.07) is 19.1. The van der Waals surface area contributed by atoms with Crippen molar-refractivity contribution in [3.8, 4) is 5.69 Å².